The molecule has 0 radical (unpaired) electrons. The lowest BCUT2D eigenvalue weighted by atomic mass is 9.98. The minimum Gasteiger partial charge on any atom is -0.480 e. The first kappa shape index (κ1) is 9.71. The predicted octanol–water partition coefficient (Wildman–Crippen LogP) is 1.59. The molecule has 0 bridgehead atoms. The first-order valence-corrected chi connectivity index (χ1v) is 4.88. The fraction of sp³-hybridized carbons (Fsp3) is 0.750. The first-order chi connectivity index (χ1) is 5.54. The fourth-order valence-corrected chi connectivity index (χ4v) is 1.61. The van der Waals surface area contributed by atoms with Crippen LogP contribution in [-0.4, -0.2) is 21.7 Å². The number of hydrogen-bond donors (Lipinski definition) is 1. The lowest BCUT2D eigenvalue weighted by Crippen LogP contribution is -2.31. The van der Waals surface area contributed by atoms with Crippen LogP contribution in [0.15, 0.2) is 0 Å². The average Bonchev–Trinajstić information content (AvgIpc) is 2.81. The van der Waals surface area contributed by atoms with E-state index in [1.165, 1.54) is 0 Å². The van der Waals surface area contributed by atoms with Crippen molar-refractivity contribution in [2.24, 2.45) is 5.41 Å². The molecule has 12 heavy (non-hydrogen) atoms. The maximum Gasteiger partial charge on any atom is 0.317 e. The summed E-state index contributed by atoms with van der Waals surface area (Å²) in [7, 11) is 0. The summed E-state index contributed by atoms with van der Waals surface area (Å²) in [5.41, 5.74) is -1.04. The van der Waals surface area contributed by atoms with Crippen molar-refractivity contribution in [2.75, 3.05) is 0 Å². The zero-order valence-corrected chi connectivity index (χ0v) is 8.43. The van der Waals surface area contributed by atoms with Gasteiger partial charge in [0.2, 0.25) is 0 Å². The van der Waals surface area contributed by atoms with Gasteiger partial charge in [0.1, 0.15) is 5.41 Å². The largest absolute Gasteiger partial charge is 0.480 e. The number of carboxylic acids is 1. The molecule has 0 heterocycles. The number of Topliss-reactive ketones (excluding diaryl/α,β-unsaturated/α-hetero) is 1. The number of alkyl halides is 1. The van der Waals surface area contributed by atoms with Crippen LogP contribution in [0.3, 0.4) is 0 Å². The highest BCUT2D eigenvalue weighted by atomic mass is 79.9. The smallest absolute Gasteiger partial charge is 0.317 e. The Morgan fingerprint density at radius 1 is 1.58 bits per heavy atom. The van der Waals surface area contributed by atoms with Crippen molar-refractivity contribution in [3.63, 3.8) is 0 Å². The Balaban J connectivity index is 2.70. The predicted molar refractivity (Wildman–Crippen MR) is 47.3 cm³/mol. The quantitative estimate of drug-likeness (QED) is 0.594. The SMILES string of the molecule is CCC(Br)C(=O)C1(C(=O)O)CC1. The van der Waals surface area contributed by atoms with Gasteiger partial charge in [-0.1, -0.05) is 22.9 Å². The van der Waals surface area contributed by atoms with Gasteiger partial charge in [-0.05, 0) is 19.3 Å². The van der Waals surface area contributed by atoms with E-state index >= 15 is 0 Å². The van der Waals surface area contributed by atoms with Gasteiger partial charge in [0.15, 0.2) is 5.78 Å². The molecular weight excluding hydrogens is 224 g/mol. The molecule has 0 spiro atoms. The Bertz CT molecular complexity index is 220. The molecule has 0 aromatic heterocycles. The summed E-state index contributed by atoms with van der Waals surface area (Å²) in [4.78, 5) is 21.9. The van der Waals surface area contributed by atoms with E-state index in [0.717, 1.165) is 0 Å². The molecule has 1 N–H and O–H groups in total. The summed E-state index contributed by atoms with van der Waals surface area (Å²) < 4.78 is 0. The van der Waals surface area contributed by atoms with Gasteiger partial charge in [-0.25, -0.2) is 0 Å². The van der Waals surface area contributed by atoms with Gasteiger partial charge in [-0.2, -0.15) is 0 Å². The number of carbonyl (C=O) groups excluding carboxylic acids is 1. The second kappa shape index (κ2) is 3.17. The number of ketones is 1. The number of carboxylic acid groups (broad SMARTS) is 1. The van der Waals surface area contributed by atoms with Crippen LogP contribution in [-0.2, 0) is 9.59 Å². The number of carbonyl (C=O) groups is 2. The summed E-state index contributed by atoms with van der Waals surface area (Å²) in [5, 5.41) is 8.78. The van der Waals surface area contributed by atoms with Crippen molar-refractivity contribution >= 4 is 27.7 Å². The van der Waals surface area contributed by atoms with Crippen molar-refractivity contribution in [2.45, 2.75) is 31.0 Å². The minimum absolute atomic E-state index is 0.169. The first-order valence-electron chi connectivity index (χ1n) is 3.96. The normalized spacial score (nSPS) is 21.5. The van der Waals surface area contributed by atoms with E-state index in [2.05, 4.69) is 15.9 Å². The summed E-state index contributed by atoms with van der Waals surface area (Å²) >= 11 is 3.17. The Morgan fingerprint density at radius 2 is 2.08 bits per heavy atom. The Morgan fingerprint density at radius 3 is 2.33 bits per heavy atom. The summed E-state index contributed by atoms with van der Waals surface area (Å²) in [6.07, 6.45) is 1.65. The van der Waals surface area contributed by atoms with Crippen molar-refractivity contribution in [1.82, 2.24) is 0 Å². The van der Waals surface area contributed by atoms with Crippen molar-refractivity contribution < 1.29 is 14.7 Å². The third kappa shape index (κ3) is 1.40. The summed E-state index contributed by atoms with van der Waals surface area (Å²) in [5.74, 6) is -1.14. The number of hydrogen-bond acceptors (Lipinski definition) is 2. The Hall–Kier alpha value is -0.380. The Labute approximate surface area is 79.3 Å². The molecule has 1 atom stereocenters. The van der Waals surface area contributed by atoms with Crippen molar-refractivity contribution in [1.29, 1.82) is 0 Å². The van der Waals surface area contributed by atoms with Crippen molar-refractivity contribution in [3.05, 3.63) is 0 Å². The molecule has 0 saturated heterocycles. The van der Waals surface area contributed by atoms with Crippen LogP contribution in [0, 0.1) is 5.41 Å². The van der Waals surface area contributed by atoms with Crippen LogP contribution >= 0.6 is 15.9 Å². The van der Waals surface area contributed by atoms with E-state index in [9.17, 15) is 9.59 Å². The standard InChI is InChI=1S/C8H11BrO3/c1-2-5(9)6(10)8(3-4-8)7(11)12/h5H,2-4H2,1H3,(H,11,12). The molecule has 0 aliphatic heterocycles. The van der Waals surface area contributed by atoms with Gasteiger partial charge in [0, 0.05) is 0 Å². The van der Waals surface area contributed by atoms with Crippen LogP contribution in [0.25, 0.3) is 0 Å². The molecule has 3 nitrogen and oxygen atoms in total. The molecule has 0 amide bonds. The second-order valence-electron chi connectivity index (χ2n) is 3.13. The summed E-state index contributed by atoms with van der Waals surface area (Å²) in [6, 6.07) is 0. The molecule has 0 aromatic carbocycles. The minimum atomic E-state index is -1.04. The highest BCUT2D eigenvalue weighted by Gasteiger charge is 2.57. The molecule has 1 fully saturated rings. The van der Waals surface area contributed by atoms with Gasteiger partial charge in [-0.15, -0.1) is 0 Å². The van der Waals surface area contributed by atoms with Crippen LogP contribution < -0.4 is 0 Å². The number of aliphatic carboxylic acids is 1. The van der Waals surface area contributed by atoms with Gasteiger partial charge >= 0.3 is 5.97 Å². The van der Waals surface area contributed by atoms with Gasteiger partial charge in [0.05, 0.1) is 4.83 Å². The lowest BCUT2D eigenvalue weighted by molar-refractivity contribution is -0.148. The van der Waals surface area contributed by atoms with E-state index in [0.29, 0.717) is 19.3 Å². The fourth-order valence-electron chi connectivity index (χ4n) is 1.18. The molecule has 1 unspecified atom stereocenters. The van der Waals surface area contributed by atoms with E-state index < -0.39 is 11.4 Å². The zero-order valence-electron chi connectivity index (χ0n) is 6.84. The van der Waals surface area contributed by atoms with E-state index in [1.807, 2.05) is 6.92 Å². The maximum absolute atomic E-state index is 11.5. The summed E-state index contributed by atoms with van der Waals surface area (Å²) in [6.45, 7) is 1.86. The molecule has 1 aliphatic rings. The molecule has 1 saturated carbocycles. The lowest BCUT2D eigenvalue weighted by Gasteiger charge is -2.11. The number of rotatable bonds is 4. The van der Waals surface area contributed by atoms with E-state index in [4.69, 9.17) is 5.11 Å². The zero-order chi connectivity index (χ0) is 9.35. The van der Waals surface area contributed by atoms with E-state index in [1.54, 1.807) is 0 Å². The van der Waals surface area contributed by atoms with Gasteiger partial charge in [-0.3, -0.25) is 9.59 Å². The topological polar surface area (TPSA) is 54.4 Å². The molecule has 0 aromatic rings. The van der Waals surface area contributed by atoms with Crippen LogP contribution in [0.5, 0.6) is 0 Å². The molecular formula is C8H11BrO3. The van der Waals surface area contributed by atoms with Crippen LogP contribution in [0.2, 0.25) is 0 Å². The molecule has 1 aliphatic carbocycles. The van der Waals surface area contributed by atoms with Crippen LogP contribution in [0.1, 0.15) is 26.2 Å². The Kier molecular flexibility index (Phi) is 2.56. The highest BCUT2D eigenvalue weighted by molar-refractivity contribution is 9.10. The molecule has 68 valence electrons. The number of halogens is 1. The van der Waals surface area contributed by atoms with Gasteiger partial charge < -0.3 is 5.11 Å². The third-order valence-corrected chi connectivity index (χ3v) is 3.34. The maximum atomic E-state index is 11.5. The second-order valence-corrected chi connectivity index (χ2v) is 4.23. The van der Waals surface area contributed by atoms with Gasteiger partial charge in [0.25, 0.3) is 0 Å². The average molecular weight is 235 g/mol. The van der Waals surface area contributed by atoms with Crippen molar-refractivity contribution in [3.8, 4) is 0 Å². The van der Waals surface area contributed by atoms with E-state index in [-0.39, 0.29) is 10.6 Å². The highest BCUT2D eigenvalue weighted by Crippen LogP contribution is 2.48. The monoisotopic (exact) mass is 234 g/mol. The van der Waals surface area contributed by atoms with Crippen LogP contribution in [0.4, 0.5) is 0 Å². The molecule has 4 heteroatoms. The third-order valence-electron chi connectivity index (χ3n) is 2.27. The molecule has 1 rings (SSSR count).